The summed E-state index contributed by atoms with van der Waals surface area (Å²) in [5, 5.41) is 30.4. The van der Waals surface area contributed by atoms with Crippen LogP contribution in [-0.2, 0) is 5.60 Å². The Bertz CT molecular complexity index is 1000. The van der Waals surface area contributed by atoms with Crippen LogP contribution in [0, 0.1) is 29.1 Å². The van der Waals surface area contributed by atoms with Crippen LogP contribution in [0.25, 0.3) is 0 Å². The molecule has 1 unspecified atom stereocenters. The van der Waals surface area contributed by atoms with E-state index in [4.69, 9.17) is 0 Å². The summed E-state index contributed by atoms with van der Waals surface area (Å²) in [7, 11) is 0. The lowest BCUT2D eigenvalue weighted by Crippen LogP contribution is -2.36. The van der Waals surface area contributed by atoms with Gasteiger partial charge in [-0.05, 0) is 111 Å². The third kappa shape index (κ3) is 5.88. The normalized spacial score (nSPS) is 34.2. The number of aliphatic hydroxyl groups excluding tert-OH is 2. The van der Waals surface area contributed by atoms with Gasteiger partial charge in [-0.15, -0.1) is 11.8 Å². The van der Waals surface area contributed by atoms with Gasteiger partial charge in [0.2, 0.25) is 0 Å². The zero-order chi connectivity index (χ0) is 26.1. The second-order valence-corrected chi connectivity index (χ2v) is 13.5. The fraction of sp³-hybridized carbons (Fsp3) is 0.625. The zero-order valence-electron chi connectivity index (χ0n) is 22.7. The van der Waals surface area contributed by atoms with Gasteiger partial charge in [-0.2, -0.15) is 0 Å². The summed E-state index contributed by atoms with van der Waals surface area (Å²) in [5.41, 5.74) is 4.19. The van der Waals surface area contributed by atoms with Gasteiger partial charge in [0.05, 0.1) is 18.3 Å². The molecule has 3 nitrogen and oxygen atoms in total. The minimum atomic E-state index is -0.810. The number of aliphatic hydroxyl groups is 3. The van der Waals surface area contributed by atoms with E-state index in [1.54, 1.807) is 5.57 Å². The summed E-state index contributed by atoms with van der Waals surface area (Å²) in [6, 6.07) is 8.37. The SMILES string of the molecule is C=C1/C(=C\C=C2/CCC[C@]3(C)C([C@@H](C)CSc4cccc(C(C)(C)O)c4)CC[C@@H]23)C[C@H](O)C[C@H]1CO. The van der Waals surface area contributed by atoms with Crippen LogP contribution in [-0.4, -0.2) is 33.8 Å². The summed E-state index contributed by atoms with van der Waals surface area (Å²) in [4.78, 5) is 1.24. The number of hydrogen-bond donors (Lipinski definition) is 3. The number of rotatable bonds is 7. The van der Waals surface area contributed by atoms with Crippen molar-refractivity contribution >= 4 is 11.8 Å². The van der Waals surface area contributed by atoms with Crippen molar-refractivity contribution in [2.45, 2.75) is 89.2 Å². The first kappa shape index (κ1) is 27.7. The van der Waals surface area contributed by atoms with Crippen molar-refractivity contribution in [3.05, 3.63) is 65.3 Å². The lowest BCUT2D eigenvalue weighted by Gasteiger charge is -2.44. The van der Waals surface area contributed by atoms with Crippen molar-refractivity contribution in [1.29, 1.82) is 0 Å². The van der Waals surface area contributed by atoms with Gasteiger partial charge in [-0.3, -0.25) is 0 Å². The lowest BCUT2D eigenvalue weighted by molar-refractivity contribution is 0.0784. The molecule has 0 amide bonds. The van der Waals surface area contributed by atoms with Crippen molar-refractivity contribution in [3.63, 3.8) is 0 Å². The molecule has 4 rings (SSSR count). The predicted molar refractivity (Wildman–Crippen MR) is 151 cm³/mol. The first-order valence-electron chi connectivity index (χ1n) is 13.9. The second kappa shape index (κ2) is 11.2. The molecule has 4 heteroatoms. The highest BCUT2D eigenvalue weighted by molar-refractivity contribution is 7.99. The third-order valence-corrected chi connectivity index (χ3v) is 10.7. The summed E-state index contributed by atoms with van der Waals surface area (Å²) in [6.07, 6.45) is 11.7. The third-order valence-electron chi connectivity index (χ3n) is 9.41. The molecule has 3 aliphatic rings. The molecule has 3 fully saturated rings. The van der Waals surface area contributed by atoms with Gasteiger partial charge in [0.15, 0.2) is 0 Å². The van der Waals surface area contributed by atoms with E-state index in [1.165, 1.54) is 37.0 Å². The molecule has 198 valence electrons. The first-order valence-corrected chi connectivity index (χ1v) is 14.8. The maximum Gasteiger partial charge on any atom is 0.0840 e. The number of benzene rings is 1. The van der Waals surface area contributed by atoms with Crippen LogP contribution in [0.3, 0.4) is 0 Å². The molecule has 6 atom stereocenters. The van der Waals surface area contributed by atoms with Crippen molar-refractivity contribution in [2.75, 3.05) is 12.4 Å². The van der Waals surface area contributed by atoms with Crippen molar-refractivity contribution in [1.82, 2.24) is 0 Å². The topological polar surface area (TPSA) is 60.7 Å². The molecule has 0 bridgehead atoms. The van der Waals surface area contributed by atoms with E-state index in [0.29, 0.717) is 36.0 Å². The molecule has 0 saturated heterocycles. The van der Waals surface area contributed by atoms with Crippen LogP contribution < -0.4 is 0 Å². The quantitative estimate of drug-likeness (QED) is 0.345. The Kier molecular flexibility index (Phi) is 8.61. The maximum atomic E-state index is 10.4. The predicted octanol–water partition coefficient (Wildman–Crippen LogP) is 7.03. The minimum absolute atomic E-state index is 0.0200. The summed E-state index contributed by atoms with van der Waals surface area (Å²) in [6.45, 7) is 13.0. The molecule has 1 aromatic rings. The number of allylic oxidation sites excluding steroid dienone is 3. The molecule has 0 spiro atoms. The largest absolute Gasteiger partial charge is 0.396 e. The summed E-state index contributed by atoms with van der Waals surface area (Å²) >= 11 is 1.93. The summed E-state index contributed by atoms with van der Waals surface area (Å²) < 4.78 is 0. The molecule has 0 heterocycles. The van der Waals surface area contributed by atoms with Gasteiger partial charge in [0.1, 0.15) is 0 Å². The first-order chi connectivity index (χ1) is 17.0. The highest BCUT2D eigenvalue weighted by Crippen LogP contribution is 2.59. The Labute approximate surface area is 222 Å². The fourth-order valence-corrected chi connectivity index (χ4v) is 8.37. The van der Waals surface area contributed by atoms with Crippen LogP contribution >= 0.6 is 11.8 Å². The molecular weight excluding hydrogens is 464 g/mol. The Morgan fingerprint density at radius 1 is 1.25 bits per heavy atom. The van der Waals surface area contributed by atoms with Gasteiger partial charge in [0.25, 0.3) is 0 Å². The van der Waals surface area contributed by atoms with Crippen LogP contribution in [0.1, 0.15) is 78.2 Å². The van der Waals surface area contributed by atoms with Gasteiger partial charge >= 0.3 is 0 Å². The zero-order valence-corrected chi connectivity index (χ0v) is 23.5. The Morgan fingerprint density at radius 2 is 2.03 bits per heavy atom. The Balaban J connectivity index is 1.45. The van der Waals surface area contributed by atoms with Gasteiger partial charge in [0, 0.05) is 16.6 Å². The van der Waals surface area contributed by atoms with E-state index in [-0.39, 0.29) is 18.6 Å². The number of hydrogen-bond acceptors (Lipinski definition) is 4. The average molecular weight is 511 g/mol. The van der Waals surface area contributed by atoms with Crippen molar-refractivity contribution in [3.8, 4) is 0 Å². The van der Waals surface area contributed by atoms with Crippen LogP contribution in [0.4, 0.5) is 0 Å². The highest BCUT2D eigenvalue weighted by Gasteiger charge is 2.50. The van der Waals surface area contributed by atoms with E-state index in [9.17, 15) is 15.3 Å². The average Bonchev–Trinajstić information content (AvgIpc) is 3.20. The monoisotopic (exact) mass is 510 g/mol. The van der Waals surface area contributed by atoms with E-state index < -0.39 is 5.60 Å². The number of fused-ring (bicyclic) bond motifs is 1. The highest BCUT2D eigenvalue weighted by atomic mass is 32.2. The Hall–Kier alpha value is -1.33. The van der Waals surface area contributed by atoms with Gasteiger partial charge in [-0.25, -0.2) is 0 Å². The number of thioether (sulfide) groups is 1. The molecule has 0 aromatic heterocycles. The molecular formula is C32H46O3S. The second-order valence-electron chi connectivity index (χ2n) is 12.4. The fourth-order valence-electron chi connectivity index (χ4n) is 7.29. The molecule has 0 radical (unpaired) electrons. The van der Waals surface area contributed by atoms with Crippen molar-refractivity contribution in [2.24, 2.45) is 29.1 Å². The standard InChI is InChI=1S/C32H46O3S/c1-21(20-36-28-10-6-9-26(18-28)31(3,4)35)29-13-14-30-23(8-7-15-32(29,30)5)11-12-24-16-27(34)17-25(19-33)22(24)2/h6,9-12,18,21,25,27,29-30,33-35H,2,7-8,13-17,19-20H2,1,3-5H3/b23-11+,24-12-/t21-,25-,27-,29?,30-,32+/m0/s1. The smallest absolute Gasteiger partial charge is 0.0840 e. The van der Waals surface area contributed by atoms with Crippen LogP contribution in [0.2, 0.25) is 0 Å². The van der Waals surface area contributed by atoms with E-state index >= 15 is 0 Å². The Morgan fingerprint density at radius 3 is 2.75 bits per heavy atom. The molecule has 0 aliphatic heterocycles. The minimum Gasteiger partial charge on any atom is -0.396 e. The van der Waals surface area contributed by atoms with Crippen LogP contribution in [0.15, 0.2) is 64.6 Å². The molecule has 3 saturated carbocycles. The van der Waals surface area contributed by atoms with E-state index in [2.05, 4.69) is 50.8 Å². The maximum absolute atomic E-state index is 10.4. The van der Waals surface area contributed by atoms with E-state index in [0.717, 1.165) is 22.5 Å². The lowest BCUT2D eigenvalue weighted by atomic mass is 9.61. The molecule has 3 N–H and O–H groups in total. The summed E-state index contributed by atoms with van der Waals surface area (Å²) in [5.74, 6) is 3.06. The van der Waals surface area contributed by atoms with Gasteiger partial charge in [-0.1, -0.05) is 50.3 Å². The molecule has 36 heavy (non-hydrogen) atoms. The van der Waals surface area contributed by atoms with Crippen molar-refractivity contribution < 1.29 is 15.3 Å². The van der Waals surface area contributed by atoms with Crippen LogP contribution in [0.5, 0.6) is 0 Å². The molecule has 1 aromatic carbocycles. The van der Waals surface area contributed by atoms with Gasteiger partial charge < -0.3 is 15.3 Å². The molecule has 3 aliphatic carbocycles. The van der Waals surface area contributed by atoms with E-state index in [1.807, 2.05) is 31.7 Å².